The molecule has 0 saturated carbocycles. The number of hydrogen-bond acceptors (Lipinski definition) is 5. The van der Waals surface area contributed by atoms with Crippen LogP contribution in [0.4, 0.5) is 4.39 Å². The van der Waals surface area contributed by atoms with Crippen LogP contribution in [0.15, 0.2) is 90.0 Å². The van der Waals surface area contributed by atoms with Crippen molar-refractivity contribution < 1.29 is 22.7 Å². The number of amides is 1. The number of rotatable bonds is 5. The minimum atomic E-state index is -3.65. The molecule has 1 fully saturated rings. The van der Waals surface area contributed by atoms with E-state index in [1.165, 1.54) is 6.07 Å². The lowest BCUT2D eigenvalue weighted by atomic mass is 9.84. The first-order valence-corrected chi connectivity index (χ1v) is 13.3. The number of sulfone groups is 1. The van der Waals surface area contributed by atoms with Gasteiger partial charge in [-0.2, -0.15) is 0 Å². The van der Waals surface area contributed by atoms with Crippen LogP contribution in [0.3, 0.4) is 0 Å². The van der Waals surface area contributed by atoms with E-state index in [-0.39, 0.29) is 48.1 Å². The van der Waals surface area contributed by atoms with Crippen molar-refractivity contribution in [2.24, 2.45) is 0 Å². The van der Waals surface area contributed by atoms with Gasteiger partial charge in [0, 0.05) is 35.8 Å². The molecule has 0 spiro atoms. The fourth-order valence-corrected chi connectivity index (χ4v) is 6.28. The second-order valence-electron chi connectivity index (χ2n) is 9.09. The van der Waals surface area contributed by atoms with Crippen molar-refractivity contribution in [2.45, 2.75) is 29.1 Å². The summed E-state index contributed by atoms with van der Waals surface area (Å²) in [4.78, 5) is 19.1. The molecule has 3 aromatic carbocycles. The molecule has 6 nitrogen and oxygen atoms in total. The van der Waals surface area contributed by atoms with E-state index in [4.69, 9.17) is 0 Å². The first-order chi connectivity index (χ1) is 17.3. The van der Waals surface area contributed by atoms with Gasteiger partial charge in [-0.05, 0) is 48.7 Å². The molecule has 0 radical (unpaired) electrons. The summed E-state index contributed by atoms with van der Waals surface area (Å²) in [5.41, 5.74) is 0.374. The predicted molar refractivity (Wildman–Crippen MR) is 135 cm³/mol. The number of carbonyl (C=O) groups is 1. The Morgan fingerprint density at radius 2 is 1.64 bits per heavy atom. The third kappa shape index (κ3) is 4.62. The maximum atomic E-state index is 14.2. The second kappa shape index (κ2) is 9.44. The van der Waals surface area contributed by atoms with Crippen molar-refractivity contribution in [3.05, 3.63) is 108 Å². The van der Waals surface area contributed by atoms with Crippen LogP contribution in [0.1, 0.15) is 34.3 Å². The van der Waals surface area contributed by atoms with Gasteiger partial charge in [0.25, 0.3) is 5.91 Å². The molecule has 0 aliphatic carbocycles. The van der Waals surface area contributed by atoms with Gasteiger partial charge >= 0.3 is 0 Å². The maximum absolute atomic E-state index is 14.2. The zero-order valence-electron chi connectivity index (χ0n) is 19.5. The van der Waals surface area contributed by atoms with Crippen molar-refractivity contribution in [2.75, 3.05) is 13.1 Å². The van der Waals surface area contributed by atoms with E-state index in [9.17, 15) is 22.7 Å². The number of hydrogen-bond donors (Lipinski definition) is 1. The highest BCUT2D eigenvalue weighted by Gasteiger charge is 2.37. The molecule has 0 bridgehead atoms. The smallest absolute Gasteiger partial charge is 0.253 e. The van der Waals surface area contributed by atoms with Crippen LogP contribution < -0.4 is 0 Å². The molecule has 2 heterocycles. The average molecular weight is 505 g/mol. The van der Waals surface area contributed by atoms with Crippen LogP contribution >= 0.6 is 0 Å². The Balaban J connectivity index is 1.27. The molecule has 0 unspecified atom stereocenters. The van der Waals surface area contributed by atoms with Gasteiger partial charge in [0.05, 0.1) is 21.8 Å². The van der Waals surface area contributed by atoms with Gasteiger partial charge in [-0.1, -0.05) is 48.5 Å². The topological polar surface area (TPSA) is 87.6 Å². The van der Waals surface area contributed by atoms with Crippen molar-refractivity contribution in [3.63, 3.8) is 0 Å². The lowest BCUT2D eigenvalue weighted by Crippen LogP contribution is -2.45. The van der Waals surface area contributed by atoms with Gasteiger partial charge < -0.3 is 10.0 Å². The highest BCUT2D eigenvalue weighted by Crippen LogP contribution is 2.34. The number of piperidine rings is 1. The Bertz CT molecular complexity index is 1520. The van der Waals surface area contributed by atoms with Crippen LogP contribution in [0, 0.1) is 5.82 Å². The third-order valence-corrected chi connectivity index (χ3v) is 8.45. The van der Waals surface area contributed by atoms with Crippen LogP contribution in [-0.2, 0) is 21.2 Å². The van der Waals surface area contributed by atoms with Gasteiger partial charge in [0.2, 0.25) is 0 Å². The SMILES string of the molecule is O=C(c1ccc(CS(=O)(=O)c2cccc3cccnc23)cc1)N1CCC(O)(c2ccccc2F)CC1. The Morgan fingerprint density at radius 1 is 0.944 bits per heavy atom. The average Bonchev–Trinajstić information content (AvgIpc) is 2.89. The molecule has 0 atom stereocenters. The first kappa shape index (κ1) is 24.1. The predicted octanol–water partition coefficient (Wildman–Crippen LogP) is 4.47. The van der Waals surface area contributed by atoms with Crippen molar-refractivity contribution in [3.8, 4) is 0 Å². The summed E-state index contributed by atoms with van der Waals surface area (Å²) in [5.74, 6) is -0.876. The summed E-state index contributed by atoms with van der Waals surface area (Å²) >= 11 is 0. The van der Waals surface area contributed by atoms with Crippen molar-refractivity contribution >= 4 is 26.6 Å². The molecule has 8 heteroatoms. The van der Waals surface area contributed by atoms with E-state index in [1.807, 2.05) is 12.1 Å². The number of benzene rings is 3. The number of halogens is 1. The fraction of sp³-hybridized carbons (Fsp3) is 0.214. The summed E-state index contributed by atoms with van der Waals surface area (Å²) in [6.07, 6.45) is 2.03. The number of carbonyl (C=O) groups excluding carboxylic acids is 1. The number of aromatic nitrogens is 1. The maximum Gasteiger partial charge on any atom is 0.253 e. The molecule has 4 aromatic rings. The van der Waals surface area contributed by atoms with Gasteiger partial charge in [-0.15, -0.1) is 0 Å². The summed E-state index contributed by atoms with van der Waals surface area (Å²) in [6, 6.07) is 21.3. The minimum absolute atomic E-state index is 0.177. The molecule has 5 rings (SSSR count). The number of fused-ring (bicyclic) bond motifs is 1. The van der Waals surface area contributed by atoms with Crippen molar-refractivity contribution in [1.82, 2.24) is 9.88 Å². The van der Waals surface area contributed by atoms with Crippen LogP contribution in [0.2, 0.25) is 0 Å². The highest BCUT2D eigenvalue weighted by atomic mass is 32.2. The summed E-state index contributed by atoms with van der Waals surface area (Å²) in [5, 5.41) is 11.7. The second-order valence-corrected chi connectivity index (χ2v) is 11.0. The normalized spacial score (nSPS) is 15.7. The van der Waals surface area contributed by atoms with Crippen LogP contribution in [0.5, 0.6) is 0 Å². The molecule has 1 amide bonds. The largest absolute Gasteiger partial charge is 0.385 e. The lowest BCUT2D eigenvalue weighted by molar-refractivity contribution is -0.0235. The monoisotopic (exact) mass is 504 g/mol. The van der Waals surface area contributed by atoms with Crippen molar-refractivity contribution in [1.29, 1.82) is 0 Å². The van der Waals surface area contributed by atoms with Gasteiger partial charge in [-0.25, -0.2) is 12.8 Å². The van der Waals surface area contributed by atoms with E-state index < -0.39 is 21.3 Å². The van der Waals surface area contributed by atoms with Gasteiger partial charge in [-0.3, -0.25) is 9.78 Å². The number of para-hydroxylation sites is 1. The van der Waals surface area contributed by atoms with E-state index in [1.54, 1.807) is 71.8 Å². The van der Waals surface area contributed by atoms with E-state index in [0.717, 1.165) is 5.39 Å². The number of pyridine rings is 1. The molecule has 1 aliphatic rings. The fourth-order valence-electron chi connectivity index (χ4n) is 4.74. The summed E-state index contributed by atoms with van der Waals surface area (Å²) in [6.45, 7) is 0.571. The molecule has 184 valence electrons. The minimum Gasteiger partial charge on any atom is -0.385 e. The molecule has 1 saturated heterocycles. The van der Waals surface area contributed by atoms with Crippen LogP contribution in [-0.4, -0.2) is 42.4 Å². The molecule has 1 aliphatic heterocycles. The van der Waals surface area contributed by atoms with E-state index >= 15 is 0 Å². The van der Waals surface area contributed by atoms with Crippen LogP contribution in [0.25, 0.3) is 10.9 Å². The molecule has 36 heavy (non-hydrogen) atoms. The number of likely N-dealkylation sites (tertiary alicyclic amines) is 1. The lowest BCUT2D eigenvalue weighted by Gasteiger charge is -2.38. The third-order valence-electron chi connectivity index (χ3n) is 6.74. The zero-order valence-corrected chi connectivity index (χ0v) is 20.3. The summed E-state index contributed by atoms with van der Waals surface area (Å²) < 4.78 is 40.4. The molecular formula is C28H25FN2O4S. The standard InChI is InChI=1S/C28H25FN2O4S/c29-24-8-2-1-7-23(24)28(33)14-17-31(18-15-28)27(32)22-12-10-20(11-13-22)19-36(34,35)25-9-3-5-21-6-4-16-30-26(21)25/h1-13,16,33H,14-15,17-19H2. The number of nitrogens with zero attached hydrogens (tertiary/aromatic N) is 2. The molecule has 1 aromatic heterocycles. The first-order valence-electron chi connectivity index (χ1n) is 11.7. The Labute approximate surface area is 209 Å². The quantitative estimate of drug-likeness (QED) is 0.433. The summed E-state index contributed by atoms with van der Waals surface area (Å²) in [7, 11) is -3.65. The highest BCUT2D eigenvalue weighted by molar-refractivity contribution is 7.90. The number of aliphatic hydroxyl groups is 1. The Kier molecular flexibility index (Phi) is 6.32. The molecular weight excluding hydrogens is 479 g/mol. The van der Waals surface area contributed by atoms with Gasteiger partial charge in [0.15, 0.2) is 9.84 Å². The molecule has 1 N–H and O–H groups in total. The van der Waals surface area contributed by atoms with E-state index in [2.05, 4.69) is 4.98 Å². The van der Waals surface area contributed by atoms with Gasteiger partial charge in [0.1, 0.15) is 5.82 Å². The Hall–Kier alpha value is -3.62. The van der Waals surface area contributed by atoms with E-state index in [0.29, 0.717) is 16.6 Å². The zero-order chi connectivity index (χ0) is 25.3. The Morgan fingerprint density at radius 3 is 2.36 bits per heavy atom.